The fourth-order valence-electron chi connectivity index (χ4n) is 5.19. The third-order valence-corrected chi connectivity index (χ3v) is 8.63. The van der Waals surface area contributed by atoms with Crippen molar-refractivity contribution in [2.24, 2.45) is 34.0 Å². The SMILES string of the molecule is CC(C)C[C@H](C)C(=O)N[C@@H](CCC(N)=O)C(=O)N[C@@H](Cc1ccccc1)C(=O)N[C@@H](CCCN=C(N)N)C(=O)c1nc2ccccc2s1. The first-order valence-corrected chi connectivity index (χ1v) is 16.8. The van der Waals surface area contributed by atoms with E-state index in [9.17, 15) is 24.0 Å². The maximum atomic E-state index is 14.0. The number of hydrogen-bond acceptors (Lipinski definition) is 8. The third kappa shape index (κ3) is 12.1. The molecular formula is C34H46N8O5S. The lowest BCUT2D eigenvalue weighted by Gasteiger charge is -2.26. The molecule has 13 nitrogen and oxygen atoms in total. The van der Waals surface area contributed by atoms with Crippen LogP contribution in [0.1, 0.15) is 68.2 Å². The summed E-state index contributed by atoms with van der Waals surface area (Å²) < 4.78 is 0.826. The molecule has 1 aromatic heterocycles. The number of nitrogens with two attached hydrogens (primary N) is 3. The molecule has 0 radical (unpaired) electrons. The van der Waals surface area contributed by atoms with Crippen LogP contribution in [0, 0.1) is 11.8 Å². The summed E-state index contributed by atoms with van der Waals surface area (Å²) >= 11 is 1.22. The van der Waals surface area contributed by atoms with Crippen molar-refractivity contribution in [3.8, 4) is 0 Å². The third-order valence-electron chi connectivity index (χ3n) is 7.58. The van der Waals surface area contributed by atoms with Gasteiger partial charge in [0.1, 0.15) is 12.1 Å². The summed E-state index contributed by atoms with van der Waals surface area (Å²) in [5.74, 6) is -2.85. The molecule has 9 N–H and O–H groups in total. The highest BCUT2D eigenvalue weighted by atomic mass is 32.1. The van der Waals surface area contributed by atoms with Gasteiger partial charge in [0, 0.05) is 25.3 Å². The molecule has 258 valence electrons. The average molecular weight is 679 g/mol. The zero-order valence-electron chi connectivity index (χ0n) is 27.6. The molecule has 0 aliphatic carbocycles. The van der Waals surface area contributed by atoms with Crippen molar-refractivity contribution in [3.05, 3.63) is 65.2 Å². The van der Waals surface area contributed by atoms with Crippen LogP contribution < -0.4 is 33.2 Å². The van der Waals surface area contributed by atoms with E-state index in [-0.39, 0.29) is 66.7 Å². The van der Waals surface area contributed by atoms with E-state index in [1.807, 2.05) is 50.2 Å². The Kier molecular flexibility index (Phi) is 14.5. The van der Waals surface area contributed by atoms with E-state index >= 15 is 0 Å². The molecule has 3 aromatic rings. The summed E-state index contributed by atoms with van der Waals surface area (Å²) in [6, 6.07) is 13.2. The molecule has 0 bridgehead atoms. The predicted molar refractivity (Wildman–Crippen MR) is 187 cm³/mol. The van der Waals surface area contributed by atoms with Gasteiger partial charge >= 0.3 is 0 Å². The molecule has 2 aromatic carbocycles. The van der Waals surface area contributed by atoms with Crippen LogP contribution in [0.3, 0.4) is 0 Å². The quantitative estimate of drug-likeness (QED) is 0.0476. The van der Waals surface area contributed by atoms with Gasteiger partial charge in [-0.25, -0.2) is 4.98 Å². The Balaban J connectivity index is 1.87. The fourth-order valence-corrected chi connectivity index (χ4v) is 6.15. The lowest BCUT2D eigenvalue weighted by Crippen LogP contribution is -2.57. The van der Waals surface area contributed by atoms with Crippen molar-refractivity contribution in [1.82, 2.24) is 20.9 Å². The van der Waals surface area contributed by atoms with Crippen LogP contribution in [-0.4, -0.2) is 65.0 Å². The molecule has 0 unspecified atom stereocenters. The van der Waals surface area contributed by atoms with Gasteiger partial charge in [-0.15, -0.1) is 11.3 Å². The number of guanidine groups is 1. The number of nitrogens with one attached hydrogen (secondary N) is 3. The van der Waals surface area contributed by atoms with Crippen molar-refractivity contribution < 1.29 is 24.0 Å². The molecule has 0 aliphatic rings. The van der Waals surface area contributed by atoms with E-state index in [1.165, 1.54) is 11.3 Å². The van der Waals surface area contributed by atoms with E-state index in [2.05, 4.69) is 25.9 Å². The number of rotatable bonds is 19. The molecule has 3 rings (SSSR count). The maximum Gasteiger partial charge on any atom is 0.243 e. The first-order valence-electron chi connectivity index (χ1n) is 16.0. The minimum absolute atomic E-state index is 0.0511. The Labute approximate surface area is 284 Å². The van der Waals surface area contributed by atoms with E-state index in [4.69, 9.17) is 17.2 Å². The molecule has 1 heterocycles. The number of para-hydroxylation sites is 1. The number of benzene rings is 2. The zero-order chi connectivity index (χ0) is 35.2. The molecule has 0 saturated carbocycles. The molecule has 0 saturated heterocycles. The summed E-state index contributed by atoms with van der Waals surface area (Å²) in [5, 5.41) is 8.57. The second kappa shape index (κ2) is 18.5. The number of aromatic nitrogens is 1. The predicted octanol–water partition coefficient (Wildman–Crippen LogP) is 2.18. The highest BCUT2D eigenvalue weighted by molar-refractivity contribution is 7.20. The molecule has 48 heavy (non-hydrogen) atoms. The number of hydrogen-bond donors (Lipinski definition) is 6. The van der Waals surface area contributed by atoms with Gasteiger partial charge in [0.25, 0.3) is 0 Å². The van der Waals surface area contributed by atoms with Crippen molar-refractivity contribution in [2.45, 2.75) is 77.4 Å². The van der Waals surface area contributed by atoms with Crippen molar-refractivity contribution in [2.75, 3.05) is 6.54 Å². The highest BCUT2D eigenvalue weighted by Gasteiger charge is 2.32. The van der Waals surface area contributed by atoms with E-state index in [1.54, 1.807) is 25.1 Å². The zero-order valence-corrected chi connectivity index (χ0v) is 28.4. The number of fused-ring (bicyclic) bond motifs is 1. The van der Waals surface area contributed by atoms with E-state index < -0.39 is 35.8 Å². The van der Waals surface area contributed by atoms with Gasteiger partial charge < -0.3 is 33.2 Å². The molecule has 4 atom stereocenters. The summed E-state index contributed by atoms with van der Waals surface area (Å²) in [7, 11) is 0. The standard InChI is InChI=1S/C34H46N8O5S/c1-20(2)18-21(3)30(45)40-25(15-16-28(35)43)31(46)41-26(19-22-10-5-4-6-11-22)32(47)39-24(13-9-17-38-34(36)37)29(44)33-42-23-12-7-8-14-27(23)48-33/h4-8,10-12,14,20-21,24-26H,9,13,15-19H2,1-3H3,(H2,35,43)(H,39,47)(H,40,45)(H,41,46)(H4,36,37,38)/t21-,24-,25-,26-/m0/s1. The summed E-state index contributed by atoms with van der Waals surface area (Å²) in [6.07, 6.45) is 1.07. The molecule has 14 heteroatoms. The molecule has 4 amide bonds. The van der Waals surface area contributed by atoms with Crippen LogP contribution in [0.2, 0.25) is 0 Å². The van der Waals surface area contributed by atoms with Crippen LogP contribution >= 0.6 is 11.3 Å². The van der Waals surface area contributed by atoms with Crippen LogP contribution in [0.4, 0.5) is 0 Å². The minimum Gasteiger partial charge on any atom is -0.370 e. The lowest BCUT2D eigenvalue weighted by molar-refractivity contribution is -0.133. The van der Waals surface area contributed by atoms with Crippen LogP contribution in [0.15, 0.2) is 59.6 Å². The smallest absolute Gasteiger partial charge is 0.243 e. The van der Waals surface area contributed by atoms with Crippen molar-refractivity contribution in [1.29, 1.82) is 0 Å². The van der Waals surface area contributed by atoms with Gasteiger partial charge in [0.15, 0.2) is 11.0 Å². The number of carbonyl (C=O) groups is 5. The number of aliphatic imine (C=N–C) groups is 1. The summed E-state index contributed by atoms with van der Waals surface area (Å²) in [4.78, 5) is 74.5. The topological polar surface area (TPSA) is 225 Å². The first kappa shape index (κ1) is 37.6. The molecule has 0 aliphatic heterocycles. The Hall–Kier alpha value is -4.85. The van der Waals surface area contributed by atoms with Gasteiger partial charge in [-0.1, -0.05) is 63.2 Å². The largest absolute Gasteiger partial charge is 0.370 e. The average Bonchev–Trinajstić information content (AvgIpc) is 3.48. The van der Waals surface area contributed by atoms with Crippen molar-refractivity contribution >= 4 is 56.9 Å². The van der Waals surface area contributed by atoms with Crippen LogP contribution in [0.5, 0.6) is 0 Å². The Morgan fingerprint density at radius 3 is 2.06 bits per heavy atom. The Bertz CT molecular complexity index is 1560. The van der Waals surface area contributed by atoms with E-state index in [0.29, 0.717) is 18.4 Å². The number of Topliss-reactive ketones (excluding diaryl/α,β-unsaturated/α-hetero) is 1. The Morgan fingerprint density at radius 2 is 1.42 bits per heavy atom. The van der Waals surface area contributed by atoms with Gasteiger partial charge in [0.2, 0.25) is 29.4 Å². The number of nitrogens with zero attached hydrogens (tertiary/aromatic N) is 2. The molecule has 0 fully saturated rings. The van der Waals surface area contributed by atoms with Crippen LogP contribution in [0.25, 0.3) is 10.2 Å². The highest BCUT2D eigenvalue weighted by Crippen LogP contribution is 2.23. The Morgan fingerprint density at radius 1 is 0.792 bits per heavy atom. The monoisotopic (exact) mass is 678 g/mol. The number of amides is 4. The number of primary amides is 1. The summed E-state index contributed by atoms with van der Waals surface area (Å²) in [5.41, 5.74) is 17.7. The van der Waals surface area contributed by atoms with E-state index in [0.717, 1.165) is 10.3 Å². The number of ketones is 1. The molecule has 0 spiro atoms. The maximum absolute atomic E-state index is 14.0. The van der Waals surface area contributed by atoms with Crippen LogP contribution in [-0.2, 0) is 25.6 Å². The van der Waals surface area contributed by atoms with Gasteiger partial charge in [-0.05, 0) is 49.3 Å². The van der Waals surface area contributed by atoms with Gasteiger partial charge in [-0.3, -0.25) is 29.0 Å². The number of thiazole rings is 1. The number of carbonyl (C=O) groups excluding carboxylic acids is 5. The lowest BCUT2D eigenvalue weighted by atomic mass is 9.97. The second-order valence-electron chi connectivity index (χ2n) is 12.2. The van der Waals surface area contributed by atoms with Gasteiger partial charge in [-0.2, -0.15) is 0 Å². The second-order valence-corrected chi connectivity index (χ2v) is 13.2. The summed E-state index contributed by atoms with van der Waals surface area (Å²) in [6.45, 7) is 5.98. The normalized spacial score (nSPS) is 13.6. The van der Waals surface area contributed by atoms with Crippen molar-refractivity contribution in [3.63, 3.8) is 0 Å². The van der Waals surface area contributed by atoms with Gasteiger partial charge in [0.05, 0.1) is 16.3 Å². The first-order chi connectivity index (χ1) is 22.8. The fraction of sp³-hybridized carbons (Fsp3) is 0.441. The minimum atomic E-state index is -1.13. The molecular weight excluding hydrogens is 632 g/mol.